The second-order valence-corrected chi connectivity index (χ2v) is 5.33. The molecule has 1 heterocycles. The van der Waals surface area contributed by atoms with Crippen molar-refractivity contribution in [2.75, 3.05) is 11.9 Å². The molecule has 0 aliphatic heterocycles. The van der Waals surface area contributed by atoms with Crippen LogP contribution in [0.5, 0.6) is 0 Å². The van der Waals surface area contributed by atoms with Gasteiger partial charge in [0.2, 0.25) is 5.95 Å². The first-order chi connectivity index (χ1) is 9.99. The molecule has 1 aromatic heterocycles. The van der Waals surface area contributed by atoms with E-state index in [0.29, 0.717) is 17.7 Å². The van der Waals surface area contributed by atoms with Gasteiger partial charge in [-0.15, -0.1) is 0 Å². The Balaban J connectivity index is 2.21. The fourth-order valence-corrected chi connectivity index (χ4v) is 1.96. The Morgan fingerprint density at radius 2 is 2.00 bits per heavy atom. The van der Waals surface area contributed by atoms with Gasteiger partial charge in [-0.2, -0.15) is 0 Å². The highest BCUT2D eigenvalue weighted by molar-refractivity contribution is 5.57. The van der Waals surface area contributed by atoms with Crippen LogP contribution in [0.15, 0.2) is 30.5 Å². The second kappa shape index (κ2) is 6.63. The molecule has 0 aliphatic rings. The van der Waals surface area contributed by atoms with Crippen molar-refractivity contribution in [1.82, 2.24) is 15.3 Å². The van der Waals surface area contributed by atoms with Gasteiger partial charge in [-0.05, 0) is 19.1 Å². The number of hydrogen-bond donors (Lipinski definition) is 1. The van der Waals surface area contributed by atoms with Gasteiger partial charge in [0.15, 0.2) is 0 Å². The Morgan fingerprint density at radius 3 is 2.62 bits per heavy atom. The van der Waals surface area contributed by atoms with Crippen molar-refractivity contribution >= 4 is 11.6 Å². The number of halogens is 1. The number of aryl methyl sites for hydroxylation is 1. The third-order valence-electron chi connectivity index (χ3n) is 3.28. The molecular formula is C16H21FN4. The van der Waals surface area contributed by atoms with E-state index >= 15 is 0 Å². The van der Waals surface area contributed by atoms with Gasteiger partial charge in [0.1, 0.15) is 5.82 Å². The Kier molecular flexibility index (Phi) is 4.85. The van der Waals surface area contributed by atoms with E-state index in [9.17, 15) is 4.39 Å². The topological polar surface area (TPSA) is 41.1 Å². The predicted octanol–water partition coefficient (Wildman–Crippen LogP) is 3.19. The Hall–Kier alpha value is -2.01. The molecule has 0 spiro atoms. The Labute approximate surface area is 125 Å². The zero-order valence-electron chi connectivity index (χ0n) is 12.9. The fraction of sp³-hybridized carbons (Fsp3) is 0.375. The standard InChI is InChI=1S/C16H21FN4/c1-11(2)18-9-13-10-19-16(20-12(13)3)21(4)15-8-6-5-7-14(15)17/h5-8,10-11,18H,9H2,1-4H3. The van der Waals surface area contributed by atoms with Crippen LogP contribution in [0.2, 0.25) is 0 Å². The highest BCUT2D eigenvalue weighted by Crippen LogP contribution is 2.23. The van der Waals surface area contributed by atoms with Gasteiger partial charge in [0, 0.05) is 37.1 Å². The average Bonchev–Trinajstić information content (AvgIpc) is 2.45. The zero-order valence-corrected chi connectivity index (χ0v) is 12.9. The van der Waals surface area contributed by atoms with Crippen LogP contribution in [-0.2, 0) is 6.54 Å². The molecule has 0 atom stereocenters. The van der Waals surface area contributed by atoms with Gasteiger partial charge in [0.05, 0.1) is 5.69 Å². The summed E-state index contributed by atoms with van der Waals surface area (Å²) in [5.41, 5.74) is 2.41. The molecule has 0 bridgehead atoms. The molecule has 0 saturated heterocycles. The van der Waals surface area contributed by atoms with Gasteiger partial charge < -0.3 is 10.2 Å². The van der Waals surface area contributed by atoms with Gasteiger partial charge >= 0.3 is 0 Å². The minimum atomic E-state index is -0.285. The molecule has 1 aromatic carbocycles. The molecule has 21 heavy (non-hydrogen) atoms. The highest BCUT2D eigenvalue weighted by Gasteiger charge is 2.12. The van der Waals surface area contributed by atoms with E-state index in [2.05, 4.69) is 29.1 Å². The molecule has 0 amide bonds. The number of benzene rings is 1. The van der Waals surface area contributed by atoms with Crippen molar-refractivity contribution in [3.63, 3.8) is 0 Å². The fourth-order valence-electron chi connectivity index (χ4n) is 1.96. The van der Waals surface area contributed by atoms with Crippen LogP contribution in [-0.4, -0.2) is 23.1 Å². The number of para-hydroxylation sites is 1. The second-order valence-electron chi connectivity index (χ2n) is 5.33. The smallest absolute Gasteiger partial charge is 0.229 e. The molecule has 0 fully saturated rings. The number of anilines is 2. The molecule has 0 aliphatic carbocycles. The number of hydrogen-bond acceptors (Lipinski definition) is 4. The predicted molar refractivity (Wildman–Crippen MR) is 83.2 cm³/mol. The number of nitrogens with one attached hydrogen (secondary N) is 1. The number of aromatic nitrogens is 2. The van der Waals surface area contributed by atoms with Crippen LogP contribution in [0.25, 0.3) is 0 Å². The lowest BCUT2D eigenvalue weighted by molar-refractivity contribution is 0.585. The Morgan fingerprint density at radius 1 is 1.29 bits per heavy atom. The van der Waals surface area contributed by atoms with Crippen LogP contribution < -0.4 is 10.2 Å². The van der Waals surface area contributed by atoms with Crippen LogP contribution in [0.4, 0.5) is 16.0 Å². The lowest BCUT2D eigenvalue weighted by atomic mass is 10.2. The molecule has 112 valence electrons. The van der Waals surface area contributed by atoms with E-state index in [0.717, 1.165) is 17.8 Å². The van der Waals surface area contributed by atoms with E-state index in [-0.39, 0.29) is 5.82 Å². The van der Waals surface area contributed by atoms with Crippen molar-refractivity contribution in [1.29, 1.82) is 0 Å². The largest absolute Gasteiger partial charge is 0.311 e. The number of nitrogens with zero attached hydrogens (tertiary/aromatic N) is 3. The lowest BCUT2D eigenvalue weighted by Gasteiger charge is -2.19. The quantitative estimate of drug-likeness (QED) is 0.917. The molecule has 0 saturated carbocycles. The van der Waals surface area contributed by atoms with Crippen LogP contribution in [0.1, 0.15) is 25.1 Å². The van der Waals surface area contributed by atoms with Crippen LogP contribution in [0.3, 0.4) is 0 Å². The minimum absolute atomic E-state index is 0.285. The summed E-state index contributed by atoms with van der Waals surface area (Å²) < 4.78 is 13.8. The summed E-state index contributed by atoms with van der Waals surface area (Å²) in [6.07, 6.45) is 1.80. The zero-order chi connectivity index (χ0) is 15.4. The van der Waals surface area contributed by atoms with Crippen LogP contribution >= 0.6 is 0 Å². The van der Waals surface area contributed by atoms with Crippen molar-refractivity contribution in [3.05, 3.63) is 47.5 Å². The van der Waals surface area contributed by atoms with Crippen molar-refractivity contribution < 1.29 is 4.39 Å². The van der Waals surface area contributed by atoms with Crippen LogP contribution in [0, 0.1) is 12.7 Å². The third-order valence-corrected chi connectivity index (χ3v) is 3.28. The van der Waals surface area contributed by atoms with Gasteiger partial charge in [-0.1, -0.05) is 26.0 Å². The molecule has 5 heteroatoms. The van der Waals surface area contributed by atoms with E-state index in [1.165, 1.54) is 6.07 Å². The molecule has 0 radical (unpaired) electrons. The van der Waals surface area contributed by atoms with Crippen molar-refractivity contribution in [2.45, 2.75) is 33.4 Å². The first kappa shape index (κ1) is 15.4. The third kappa shape index (κ3) is 3.76. The summed E-state index contributed by atoms with van der Waals surface area (Å²) in [6.45, 7) is 6.86. The van der Waals surface area contributed by atoms with Gasteiger partial charge in [-0.3, -0.25) is 0 Å². The van der Waals surface area contributed by atoms with Crippen molar-refractivity contribution in [3.8, 4) is 0 Å². The summed E-state index contributed by atoms with van der Waals surface area (Å²) in [7, 11) is 1.76. The average molecular weight is 288 g/mol. The van der Waals surface area contributed by atoms with E-state index in [1.807, 2.05) is 6.92 Å². The summed E-state index contributed by atoms with van der Waals surface area (Å²) in [5.74, 6) is 0.206. The maximum atomic E-state index is 13.8. The summed E-state index contributed by atoms with van der Waals surface area (Å²) in [6, 6.07) is 7.01. The minimum Gasteiger partial charge on any atom is -0.311 e. The van der Waals surface area contributed by atoms with E-state index < -0.39 is 0 Å². The lowest BCUT2D eigenvalue weighted by Crippen LogP contribution is -2.23. The number of rotatable bonds is 5. The van der Waals surface area contributed by atoms with E-state index in [4.69, 9.17) is 0 Å². The molecule has 2 rings (SSSR count). The first-order valence-electron chi connectivity index (χ1n) is 7.03. The molecule has 2 aromatic rings. The summed E-state index contributed by atoms with van der Waals surface area (Å²) in [5, 5.41) is 3.34. The highest BCUT2D eigenvalue weighted by atomic mass is 19.1. The summed E-state index contributed by atoms with van der Waals surface area (Å²) in [4.78, 5) is 10.5. The maximum Gasteiger partial charge on any atom is 0.229 e. The molecule has 4 nitrogen and oxygen atoms in total. The first-order valence-corrected chi connectivity index (χ1v) is 7.03. The van der Waals surface area contributed by atoms with Crippen molar-refractivity contribution in [2.24, 2.45) is 0 Å². The normalized spacial score (nSPS) is 11.0. The van der Waals surface area contributed by atoms with E-state index in [1.54, 1.807) is 36.3 Å². The van der Waals surface area contributed by atoms with Gasteiger partial charge in [-0.25, -0.2) is 14.4 Å². The monoisotopic (exact) mass is 288 g/mol. The molecular weight excluding hydrogens is 267 g/mol. The summed E-state index contributed by atoms with van der Waals surface area (Å²) >= 11 is 0. The molecule has 1 N–H and O–H groups in total. The maximum absolute atomic E-state index is 13.8. The van der Waals surface area contributed by atoms with Gasteiger partial charge in [0.25, 0.3) is 0 Å². The molecule has 0 unspecified atom stereocenters. The Bertz CT molecular complexity index is 613. The SMILES string of the molecule is Cc1nc(N(C)c2ccccc2F)ncc1CNC(C)C.